The van der Waals surface area contributed by atoms with Gasteiger partial charge in [-0.15, -0.1) is 4.91 Å². The monoisotopic (exact) mass is 460 g/mol. The van der Waals surface area contributed by atoms with Crippen molar-refractivity contribution in [2.24, 2.45) is 10.2 Å². The van der Waals surface area contributed by atoms with Gasteiger partial charge in [0.15, 0.2) is 6.04 Å². The fourth-order valence-electron chi connectivity index (χ4n) is 3.89. The molecule has 1 aliphatic heterocycles. The molecule has 0 saturated carbocycles. The number of ether oxygens (including phenoxy) is 1. The topological polar surface area (TPSA) is 92.9 Å². The summed E-state index contributed by atoms with van der Waals surface area (Å²) < 4.78 is 20.4. The normalized spacial score (nSPS) is 14.9. The number of allylic oxidation sites excluding steroid dienone is 2. The highest BCUT2D eigenvalue weighted by Crippen LogP contribution is 2.34. The lowest BCUT2D eigenvalue weighted by Crippen LogP contribution is -2.36. The van der Waals surface area contributed by atoms with Crippen molar-refractivity contribution in [2.45, 2.75) is 19.9 Å². The summed E-state index contributed by atoms with van der Waals surface area (Å²) in [4.78, 5) is 31.6. The predicted molar refractivity (Wildman–Crippen MR) is 131 cm³/mol. The highest BCUT2D eigenvalue weighted by atomic mass is 19.1. The van der Waals surface area contributed by atoms with Crippen molar-refractivity contribution < 1.29 is 9.13 Å². The van der Waals surface area contributed by atoms with E-state index in [2.05, 4.69) is 36.6 Å². The number of aromatic nitrogens is 3. The molecular formula is C25H25FN6O2. The largest absolute Gasteiger partial charge is 0.378 e. The molecule has 2 aromatic heterocycles. The zero-order chi connectivity index (χ0) is 24.1. The van der Waals surface area contributed by atoms with Gasteiger partial charge < -0.3 is 9.64 Å². The Morgan fingerprint density at radius 2 is 2.00 bits per heavy atom. The lowest BCUT2D eigenvalue weighted by atomic mass is 9.98. The number of halogens is 1. The summed E-state index contributed by atoms with van der Waals surface area (Å²) in [6.07, 6.45) is 6.15. The first-order valence-corrected chi connectivity index (χ1v) is 10.9. The molecule has 1 atom stereocenters. The van der Waals surface area contributed by atoms with Crippen molar-refractivity contribution >= 4 is 22.9 Å². The summed E-state index contributed by atoms with van der Waals surface area (Å²) in [5.74, 6) is -0.485. The van der Waals surface area contributed by atoms with Crippen LogP contribution in [0.5, 0.6) is 0 Å². The number of benzene rings is 1. The van der Waals surface area contributed by atoms with E-state index >= 15 is 4.39 Å². The van der Waals surface area contributed by atoms with E-state index in [0.717, 1.165) is 24.4 Å². The van der Waals surface area contributed by atoms with Gasteiger partial charge in [0.2, 0.25) is 0 Å². The Balaban J connectivity index is 1.79. The third kappa shape index (κ3) is 4.74. The summed E-state index contributed by atoms with van der Waals surface area (Å²) in [6, 6.07) is 5.42. The van der Waals surface area contributed by atoms with Crippen LogP contribution >= 0.6 is 0 Å². The van der Waals surface area contributed by atoms with Gasteiger partial charge in [-0.3, -0.25) is 9.98 Å². The Kier molecular flexibility index (Phi) is 7.12. The van der Waals surface area contributed by atoms with Crippen LogP contribution in [0.3, 0.4) is 0 Å². The molecule has 3 aromatic rings. The summed E-state index contributed by atoms with van der Waals surface area (Å²) in [5.41, 5.74) is 4.35. The van der Waals surface area contributed by atoms with Crippen LogP contribution in [0.1, 0.15) is 25.5 Å². The third-order valence-corrected chi connectivity index (χ3v) is 5.59. The van der Waals surface area contributed by atoms with Crippen LogP contribution in [-0.2, 0) is 4.74 Å². The first-order chi connectivity index (χ1) is 16.5. The van der Waals surface area contributed by atoms with E-state index in [1.165, 1.54) is 30.8 Å². The van der Waals surface area contributed by atoms with Crippen molar-refractivity contribution in [1.82, 2.24) is 15.0 Å². The van der Waals surface area contributed by atoms with Crippen molar-refractivity contribution in [1.29, 1.82) is 0 Å². The van der Waals surface area contributed by atoms with Gasteiger partial charge in [0.1, 0.15) is 23.4 Å². The van der Waals surface area contributed by atoms with E-state index in [0.29, 0.717) is 41.2 Å². The van der Waals surface area contributed by atoms with Gasteiger partial charge in [-0.05, 0) is 37.6 Å². The molecule has 1 saturated heterocycles. The van der Waals surface area contributed by atoms with Gasteiger partial charge in [0, 0.05) is 24.9 Å². The Morgan fingerprint density at radius 3 is 2.71 bits per heavy atom. The van der Waals surface area contributed by atoms with Gasteiger partial charge in [-0.2, -0.15) is 0 Å². The Hall–Kier alpha value is -3.85. The van der Waals surface area contributed by atoms with Crippen molar-refractivity contribution in [3.8, 4) is 11.3 Å². The number of rotatable bonds is 7. The molecule has 1 aliphatic rings. The average Bonchev–Trinajstić information content (AvgIpc) is 2.87. The molecule has 3 heterocycles. The summed E-state index contributed by atoms with van der Waals surface area (Å²) in [6.45, 7) is 10.1. The number of morpholine rings is 1. The van der Waals surface area contributed by atoms with Gasteiger partial charge in [-0.25, -0.2) is 14.4 Å². The second-order valence-electron chi connectivity index (χ2n) is 8.03. The maximum Gasteiger partial charge on any atom is 0.159 e. The summed E-state index contributed by atoms with van der Waals surface area (Å²) in [7, 11) is 0. The van der Waals surface area contributed by atoms with Crippen LogP contribution in [-0.4, -0.2) is 47.5 Å². The summed E-state index contributed by atoms with van der Waals surface area (Å²) in [5, 5.41) is 3.28. The average molecular weight is 461 g/mol. The van der Waals surface area contributed by atoms with E-state index in [1.807, 2.05) is 19.9 Å². The lowest BCUT2D eigenvalue weighted by Gasteiger charge is -2.28. The van der Waals surface area contributed by atoms with Crippen molar-refractivity contribution in [2.75, 3.05) is 31.2 Å². The Bertz CT molecular complexity index is 1280. The van der Waals surface area contributed by atoms with Crippen molar-refractivity contribution in [3.05, 3.63) is 77.0 Å². The molecule has 0 aliphatic carbocycles. The fourth-order valence-corrected chi connectivity index (χ4v) is 3.89. The highest BCUT2D eigenvalue weighted by Gasteiger charge is 2.22. The first-order valence-electron chi connectivity index (χ1n) is 10.9. The number of pyridine rings is 1. The zero-order valence-electron chi connectivity index (χ0n) is 19.1. The first kappa shape index (κ1) is 23.3. The molecule has 0 amide bonds. The SMILES string of the molecule is C=C/C=N\C(=C(C)C)C(N=O)c1ccc(F)c(-c2ncnc3cc(N4CCOCC4)cnc23)c1. The van der Waals surface area contributed by atoms with E-state index in [4.69, 9.17) is 4.74 Å². The highest BCUT2D eigenvalue weighted by molar-refractivity contribution is 5.90. The van der Waals surface area contributed by atoms with E-state index in [1.54, 1.807) is 12.3 Å². The molecule has 0 N–H and O–H groups in total. The molecule has 1 fully saturated rings. The molecule has 174 valence electrons. The molecule has 4 rings (SSSR count). The fraction of sp³-hybridized carbons (Fsp3) is 0.280. The number of nitrogens with zero attached hydrogens (tertiary/aromatic N) is 6. The van der Waals surface area contributed by atoms with Crippen LogP contribution in [0.2, 0.25) is 0 Å². The maximum atomic E-state index is 15.0. The molecule has 1 aromatic carbocycles. The quantitative estimate of drug-likeness (QED) is 0.363. The zero-order valence-corrected chi connectivity index (χ0v) is 19.1. The smallest absolute Gasteiger partial charge is 0.159 e. The van der Waals surface area contributed by atoms with Crippen LogP contribution < -0.4 is 4.90 Å². The molecule has 0 bridgehead atoms. The van der Waals surface area contributed by atoms with Crippen LogP contribution in [0, 0.1) is 10.7 Å². The third-order valence-electron chi connectivity index (χ3n) is 5.59. The second-order valence-corrected chi connectivity index (χ2v) is 8.03. The molecule has 1 unspecified atom stereocenters. The number of hydrogen-bond acceptors (Lipinski definition) is 8. The van der Waals surface area contributed by atoms with Crippen LogP contribution in [0.15, 0.2) is 70.9 Å². The molecule has 0 radical (unpaired) electrons. The van der Waals surface area contributed by atoms with Gasteiger partial charge in [-0.1, -0.05) is 29.5 Å². The Morgan fingerprint density at radius 1 is 1.21 bits per heavy atom. The minimum Gasteiger partial charge on any atom is -0.378 e. The van der Waals surface area contributed by atoms with E-state index in [-0.39, 0.29) is 5.56 Å². The molecular weight excluding hydrogens is 435 g/mol. The van der Waals surface area contributed by atoms with E-state index in [9.17, 15) is 4.91 Å². The minimum atomic E-state index is -0.908. The molecule has 9 heteroatoms. The number of nitroso groups, excluding NO2 is 1. The Labute approximate surface area is 196 Å². The predicted octanol–water partition coefficient (Wildman–Crippen LogP) is 5.03. The van der Waals surface area contributed by atoms with Crippen molar-refractivity contribution in [3.63, 3.8) is 0 Å². The van der Waals surface area contributed by atoms with E-state index < -0.39 is 11.9 Å². The second kappa shape index (κ2) is 10.4. The molecule has 0 spiro atoms. The number of anilines is 1. The standard InChI is InChI=1S/C25H25FN6O2/c1-4-7-27-22(16(2)3)23(31-33)17-5-6-20(26)19(12-17)24-25-21(29-15-30-24)13-18(14-28-25)32-8-10-34-11-9-32/h4-7,12-15,23H,1,8-11H2,2-3H3/b27-7-. The van der Waals surface area contributed by atoms with Gasteiger partial charge >= 0.3 is 0 Å². The number of hydrogen-bond donors (Lipinski definition) is 0. The minimum absolute atomic E-state index is 0.214. The number of aliphatic imine (C=N–C) groups is 1. The van der Waals surface area contributed by atoms with Gasteiger partial charge in [0.05, 0.1) is 36.3 Å². The van der Waals surface area contributed by atoms with Crippen LogP contribution in [0.25, 0.3) is 22.3 Å². The van der Waals surface area contributed by atoms with Gasteiger partial charge in [0.25, 0.3) is 0 Å². The summed E-state index contributed by atoms with van der Waals surface area (Å²) >= 11 is 0. The number of fused-ring (bicyclic) bond motifs is 1. The molecule has 34 heavy (non-hydrogen) atoms. The lowest BCUT2D eigenvalue weighted by molar-refractivity contribution is 0.122. The maximum absolute atomic E-state index is 15.0. The molecule has 8 nitrogen and oxygen atoms in total. The van der Waals surface area contributed by atoms with Crippen LogP contribution in [0.4, 0.5) is 10.1 Å².